The highest BCUT2D eigenvalue weighted by atomic mass is 35.5. The van der Waals surface area contributed by atoms with Crippen LogP contribution in [0.4, 0.5) is 4.39 Å². The minimum absolute atomic E-state index is 0.0515. The maximum atomic E-state index is 13.2. The van der Waals surface area contributed by atoms with Crippen molar-refractivity contribution in [2.75, 3.05) is 13.2 Å². The summed E-state index contributed by atoms with van der Waals surface area (Å²) in [5, 5.41) is 2.02. The monoisotopic (exact) mass is 448 g/mol. The summed E-state index contributed by atoms with van der Waals surface area (Å²) in [5.41, 5.74) is 0.403. The van der Waals surface area contributed by atoms with Crippen molar-refractivity contribution in [3.8, 4) is 5.75 Å². The number of hydrogen-bond acceptors (Lipinski definition) is 5. The van der Waals surface area contributed by atoms with E-state index >= 15 is 0 Å². The van der Waals surface area contributed by atoms with Crippen LogP contribution >= 0.6 is 11.6 Å². The molecule has 1 aromatic heterocycles. The maximum absolute atomic E-state index is 13.2. The van der Waals surface area contributed by atoms with Gasteiger partial charge < -0.3 is 10.1 Å². The minimum atomic E-state index is -3.92. The van der Waals surface area contributed by atoms with E-state index in [1.54, 1.807) is 36.4 Å². The lowest BCUT2D eigenvalue weighted by molar-refractivity contribution is -0.123. The second-order valence-corrected chi connectivity index (χ2v) is 8.89. The molecule has 156 valence electrons. The number of nitrogens with zero attached hydrogens (tertiary/aromatic N) is 1. The number of amides is 1. The molecule has 1 amide bonds. The Labute approximate surface area is 178 Å². The molecule has 0 aliphatic heterocycles. The molecule has 3 aromatic rings. The summed E-state index contributed by atoms with van der Waals surface area (Å²) in [6.45, 7) is -0.494. The van der Waals surface area contributed by atoms with E-state index in [1.807, 2.05) is 0 Å². The van der Waals surface area contributed by atoms with E-state index in [1.165, 1.54) is 24.5 Å². The van der Waals surface area contributed by atoms with Crippen LogP contribution in [-0.2, 0) is 14.6 Å². The van der Waals surface area contributed by atoms with Crippen LogP contribution in [0.25, 0.3) is 0 Å². The van der Waals surface area contributed by atoms with Gasteiger partial charge in [0.25, 0.3) is 5.91 Å². The normalized spacial score (nSPS) is 12.2. The molecule has 3 rings (SSSR count). The van der Waals surface area contributed by atoms with E-state index in [9.17, 15) is 17.6 Å². The molecule has 30 heavy (non-hydrogen) atoms. The molecule has 0 saturated carbocycles. The molecule has 0 saturated heterocycles. The molecule has 0 radical (unpaired) electrons. The number of carbonyl (C=O) groups is 1. The molecule has 1 unspecified atom stereocenters. The van der Waals surface area contributed by atoms with Crippen molar-refractivity contribution in [3.63, 3.8) is 0 Å². The van der Waals surface area contributed by atoms with Crippen molar-refractivity contribution in [2.45, 2.75) is 10.1 Å². The number of nitrogens with one attached hydrogen (secondary N) is 1. The minimum Gasteiger partial charge on any atom is -0.484 e. The quantitative estimate of drug-likeness (QED) is 0.532. The standard InChI is InChI=1S/C21H18ClFN2O4S/c22-16-3-7-18(8-4-16)29-14-21(26)25-13-20(15-2-1-11-24-12-15)30(27,28)19-9-5-17(23)6-10-19/h1-12,20H,13-14H2,(H,25,26). The number of ether oxygens (including phenoxy) is 1. The molecule has 2 aromatic carbocycles. The molecule has 9 heteroatoms. The molecule has 0 aliphatic carbocycles. The second kappa shape index (κ2) is 9.69. The van der Waals surface area contributed by atoms with Crippen LogP contribution in [0.1, 0.15) is 10.8 Å². The highest BCUT2D eigenvalue weighted by molar-refractivity contribution is 7.91. The van der Waals surface area contributed by atoms with Gasteiger partial charge in [0.05, 0.1) is 4.90 Å². The number of carbonyl (C=O) groups excluding carboxylic acids is 1. The van der Waals surface area contributed by atoms with Gasteiger partial charge in [0.1, 0.15) is 16.8 Å². The van der Waals surface area contributed by atoms with Crippen LogP contribution in [0.15, 0.2) is 78.0 Å². The first kappa shape index (κ1) is 21.7. The van der Waals surface area contributed by atoms with Crippen molar-refractivity contribution in [2.24, 2.45) is 0 Å². The molecule has 1 N–H and O–H groups in total. The predicted octanol–water partition coefficient (Wildman–Crippen LogP) is 3.58. The molecule has 0 spiro atoms. The smallest absolute Gasteiger partial charge is 0.257 e. The Morgan fingerprint density at radius 1 is 1.10 bits per heavy atom. The van der Waals surface area contributed by atoms with Crippen LogP contribution < -0.4 is 10.1 Å². The summed E-state index contributed by atoms with van der Waals surface area (Å²) in [6.07, 6.45) is 2.94. The molecule has 0 aliphatic rings. The molecular weight excluding hydrogens is 431 g/mol. The third-order valence-corrected chi connectivity index (χ3v) is 6.61. The number of pyridine rings is 1. The van der Waals surface area contributed by atoms with E-state index in [0.717, 1.165) is 12.1 Å². The van der Waals surface area contributed by atoms with Gasteiger partial charge in [-0.3, -0.25) is 9.78 Å². The van der Waals surface area contributed by atoms with Crippen molar-refractivity contribution < 1.29 is 22.3 Å². The number of halogens is 2. The summed E-state index contributed by atoms with van der Waals surface area (Å²) in [7, 11) is -3.92. The highest BCUT2D eigenvalue weighted by Crippen LogP contribution is 2.28. The van der Waals surface area contributed by atoms with E-state index in [4.69, 9.17) is 16.3 Å². The van der Waals surface area contributed by atoms with Crippen molar-refractivity contribution >= 4 is 27.3 Å². The Hall–Kier alpha value is -2.97. The van der Waals surface area contributed by atoms with Crippen molar-refractivity contribution in [1.29, 1.82) is 0 Å². The topological polar surface area (TPSA) is 85.4 Å². The molecule has 0 fully saturated rings. The van der Waals surface area contributed by atoms with Crippen LogP contribution in [0.2, 0.25) is 5.02 Å². The number of hydrogen-bond donors (Lipinski definition) is 1. The zero-order valence-electron chi connectivity index (χ0n) is 15.7. The Morgan fingerprint density at radius 2 is 1.80 bits per heavy atom. The third-order valence-electron chi connectivity index (χ3n) is 4.24. The van der Waals surface area contributed by atoms with Gasteiger partial charge >= 0.3 is 0 Å². The Bertz CT molecular complexity index is 1090. The number of rotatable bonds is 8. The van der Waals surface area contributed by atoms with Gasteiger partial charge in [-0.2, -0.15) is 0 Å². The van der Waals surface area contributed by atoms with E-state index in [2.05, 4.69) is 10.3 Å². The summed E-state index contributed by atoms with van der Waals surface area (Å²) in [5.74, 6) is -0.579. The Kier molecular flexibility index (Phi) is 7.02. The highest BCUT2D eigenvalue weighted by Gasteiger charge is 2.30. The van der Waals surface area contributed by atoms with Gasteiger partial charge in [-0.15, -0.1) is 0 Å². The van der Waals surface area contributed by atoms with Crippen LogP contribution in [0, 0.1) is 5.82 Å². The molecule has 6 nitrogen and oxygen atoms in total. The fourth-order valence-electron chi connectivity index (χ4n) is 2.70. The van der Waals surface area contributed by atoms with Crippen LogP contribution in [-0.4, -0.2) is 32.5 Å². The van der Waals surface area contributed by atoms with Crippen molar-refractivity contribution in [1.82, 2.24) is 10.3 Å². The zero-order chi connectivity index (χ0) is 21.6. The lowest BCUT2D eigenvalue weighted by atomic mass is 10.2. The van der Waals surface area contributed by atoms with Gasteiger partial charge in [-0.25, -0.2) is 12.8 Å². The second-order valence-electron chi connectivity index (χ2n) is 6.32. The van der Waals surface area contributed by atoms with Gasteiger partial charge in [0.2, 0.25) is 0 Å². The van der Waals surface area contributed by atoms with E-state index in [-0.39, 0.29) is 18.0 Å². The van der Waals surface area contributed by atoms with E-state index < -0.39 is 26.8 Å². The number of benzene rings is 2. The van der Waals surface area contributed by atoms with Gasteiger partial charge in [0, 0.05) is 24.0 Å². The van der Waals surface area contributed by atoms with Crippen molar-refractivity contribution in [3.05, 3.63) is 89.5 Å². The number of aromatic nitrogens is 1. The molecule has 1 heterocycles. The number of sulfone groups is 1. The molecule has 1 atom stereocenters. The summed E-state index contributed by atoms with van der Waals surface area (Å²) in [4.78, 5) is 16.1. The first-order valence-electron chi connectivity index (χ1n) is 8.91. The Morgan fingerprint density at radius 3 is 2.43 bits per heavy atom. The average Bonchev–Trinajstić information content (AvgIpc) is 2.74. The zero-order valence-corrected chi connectivity index (χ0v) is 17.2. The first-order valence-corrected chi connectivity index (χ1v) is 10.8. The average molecular weight is 449 g/mol. The molecular formula is C21H18ClFN2O4S. The van der Waals surface area contributed by atoms with Gasteiger partial charge in [0.15, 0.2) is 16.4 Å². The fourth-order valence-corrected chi connectivity index (χ4v) is 4.47. The summed E-state index contributed by atoms with van der Waals surface area (Å²) >= 11 is 5.80. The largest absolute Gasteiger partial charge is 0.484 e. The lowest BCUT2D eigenvalue weighted by Gasteiger charge is -2.19. The fraction of sp³-hybridized carbons (Fsp3) is 0.143. The van der Waals surface area contributed by atoms with Crippen LogP contribution in [0.3, 0.4) is 0 Å². The Balaban J connectivity index is 1.72. The lowest BCUT2D eigenvalue weighted by Crippen LogP contribution is -2.35. The van der Waals surface area contributed by atoms with Gasteiger partial charge in [-0.05, 0) is 60.2 Å². The summed E-state index contributed by atoms with van der Waals surface area (Å²) < 4.78 is 44.8. The van der Waals surface area contributed by atoms with Crippen LogP contribution in [0.5, 0.6) is 5.75 Å². The first-order chi connectivity index (χ1) is 14.4. The molecule has 0 bridgehead atoms. The van der Waals surface area contributed by atoms with E-state index in [0.29, 0.717) is 16.3 Å². The predicted molar refractivity (Wildman–Crippen MR) is 111 cm³/mol. The SMILES string of the molecule is O=C(COc1ccc(Cl)cc1)NCC(c1cccnc1)S(=O)(=O)c1ccc(F)cc1. The van der Waals surface area contributed by atoms with Gasteiger partial charge in [-0.1, -0.05) is 17.7 Å². The summed E-state index contributed by atoms with van der Waals surface area (Å²) in [6, 6.07) is 14.2. The maximum Gasteiger partial charge on any atom is 0.257 e. The third kappa shape index (κ3) is 5.55.